The molecule has 0 aliphatic carbocycles. The molecule has 0 spiro atoms. The maximum absolute atomic E-state index is 4.65. The number of fused-ring (bicyclic) bond motifs is 1. The van der Waals surface area contributed by atoms with Crippen molar-refractivity contribution < 1.29 is 0 Å². The molecule has 1 aromatic carbocycles. The lowest BCUT2D eigenvalue weighted by Gasteiger charge is -2.27. The quantitative estimate of drug-likeness (QED) is 0.925. The Bertz CT molecular complexity index is 568. The van der Waals surface area contributed by atoms with Gasteiger partial charge in [-0.1, -0.05) is 25.1 Å². The molecule has 0 bridgehead atoms. The van der Waals surface area contributed by atoms with Gasteiger partial charge in [-0.2, -0.15) is 0 Å². The van der Waals surface area contributed by atoms with Gasteiger partial charge in [0.25, 0.3) is 0 Å². The summed E-state index contributed by atoms with van der Waals surface area (Å²) in [6, 6.07) is 10.0. The van der Waals surface area contributed by atoms with Crippen molar-refractivity contribution in [1.82, 2.24) is 14.9 Å². The zero-order chi connectivity index (χ0) is 13.8. The van der Waals surface area contributed by atoms with Crippen molar-refractivity contribution in [1.29, 1.82) is 0 Å². The summed E-state index contributed by atoms with van der Waals surface area (Å²) in [5.74, 6) is 0.693. The highest BCUT2D eigenvalue weighted by atomic mass is 15.1. The fourth-order valence-corrected chi connectivity index (χ4v) is 2.59. The van der Waals surface area contributed by atoms with Crippen LogP contribution in [-0.4, -0.2) is 28.0 Å². The van der Waals surface area contributed by atoms with Crippen LogP contribution in [-0.2, 0) is 13.0 Å². The van der Waals surface area contributed by atoms with Gasteiger partial charge in [0.1, 0.15) is 0 Å². The molecule has 0 unspecified atom stereocenters. The number of hydrogen-bond donors (Lipinski definition) is 1. The minimum Gasteiger partial charge on any atom is -0.324 e. The maximum Gasteiger partial charge on any atom is 0.227 e. The fraction of sp³-hybridized carbons (Fsp3) is 0.375. The number of para-hydroxylation sites is 1. The molecule has 1 N–H and O–H groups in total. The van der Waals surface area contributed by atoms with Crippen LogP contribution in [0.5, 0.6) is 0 Å². The number of hydrogen-bond acceptors (Lipinski definition) is 4. The first-order chi connectivity index (χ1) is 9.85. The molecule has 0 fully saturated rings. The smallest absolute Gasteiger partial charge is 0.227 e. The molecule has 104 valence electrons. The van der Waals surface area contributed by atoms with Crippen LogP contribution in [0.3, 0.4) is 0 Å². The van der Waals surface area contributed by atoms with Crippen molar-refractivity contribution in [3.63, 3.8) is 0 Å². The van der Waals surface area contributed by atoms with Crippen molar-refractivity contribution >= 4 is 11.6 Å². The summed E-state index contributed by atoms with van der Waals surface area (Å²) in [6.45, 7) is 5.46. The highest BCUT2D eigenvalue weighted by molar-refractivity contribution is 5.52. The van der Waals surface area contributed by atoms with E-state index < -0.39 is 0 Å². The van der Waals surface area contributed by atoms with Crippen molar-refractivity contribution in [3.8, 4) is 0 Å². The standard InChI is InChI=1S/C16H20N4/c1-2-9-20-10-8-15-13(12-20)11-17-16(19-15)18-14-6-4-3-5-7-14/h3-7,11H,2,8-10,12H2,1H3,(H,17,18,19). The van der Waals surface area contributed by atoms with E-state index in [0.29, 0.717) is 5.95 Å². The van der Waals surface area contributed by atoms with Crippen molar-refractivity contribution in [2.45, 2.75) is 26.3 Å². The summed E-state index contributed by atoms with van der Waals surface area (Å²) >= 11 is 0. The monoisotopic (exact) mass is 268 g/mol. The Labute approximate surface area is 119 Å². The largest absolute Gasteiger partial charge is 0.324 e. The van der Waals surface area contributed by atoms with E-state index >= 15 is 0 Å². The van der Waals surface area contributed by atoms with E-state index in [4.69, 9.17) is 0 Å². The van der Waals surface area contributed by atoms with Crippen LogP contribution in [0.2, 0.25) is 0 Å². The second-order valence-corrected chi connectivity index (χ2v) is 5.18. The number of nitrogens with zero attached hydrogens (tertiary/aromatic N) is 3. The predicted octanol–water partition coefficient (Wildman–Crippen LogP) is 2.99. The highest BCUT2D eigenvalue weighted by Gasteiger charge is 2.17. The summed E-state index contributed by atoms with van der Waals surface area (Å²) in [6.07, 6.45) is 4.18. The second-order valence-electron chi connectivity index (χ2n) is 5.18. The Morgan fingerprint density at radius 3 is 2.90 bits per heavy atom. The Hall–Kier alpha value is -1.94. The molecule has 0 radical (unpaired) electrons. The zero-order valence-corrected chi connectivity index (χ0v) is 11.8. The van der Waals surface area contributed by atoms with Gasteiger partial charge >= 0.3 is 0 Å². The Morgan fingerprint density at radius 2 is 2.10 bits per heavy atom. The topological polar surface area (TPSA) is 41.1 Å². The van der Waals surface area contributed by atoms with Gasteiger partial charge in [-0.25, -0.2) is 9.97 Å². The van der Waals surface area contributed by atoms with Crippen molar-refractivity contribution in [3.05, 3.63) is 47.8 Å². The molecule has 3 rings (SSSR count). The van der Waals surface area contributed by atoms with Crippen LogP contribution < -0.4 is 5.32 Å². The van der Waals surface area contributed by atoms with Crippen LogP contribution in [0, 0.1) is 0 Å². The number of nitrogens with one attached hydrogen (secondary N) is 1. The van der Waals surface area contributed by atoms with E-state index in [2.05, 4.69) is 27.1 Å². The molecule has 0 amide bonds. The minimum absolute atomic E-state index is 0.693. The molecule has 1 aliphatic heterocycles. The molecule has 0 saturated heterocycles. The van der Waals surface area contributed by atoms with Gasteiger partial charge in [0, 0.05) is 37.0 Å². The van der Waals surface area contributed by atoms with Gasteiger partial charge in [0.15, 0.2) is 0 Å². The van der Waals surface area contributed by atoms with E-state index in [-0.39, 0.29) is 0 Å². The van der Waals surface area contributed by atoms with Gasteiger partial charge < -0.3 is 5.32 Å². The van der Waals surface area contributed by atoms with E-state index in [1.165, 1.54) is 17.7 Å². The average molecular weight is 268 g/mol. The fourth-order valence-electron chi connectivity index (χ4n) is 2.59. The summed E-state index contributed by atoms with van der Waals surface area (Å²) in [5, 5.41) is 3.25. The van der Waals surface area contributed by atoms with E-state index in [1.54, 1.807) is 0 Å². The SMILES string of the molecule is CCCN1CCc2nc(Nc3ccccc3)ncc2C1. The molecule has 0 atom stereocenters. The predicted molar refractivity (Wildman–Crippen MR) is 81.0 cm³/mol. The molecule has 4 heteroatoms. The van der Waals surface area contributed by atoms with Crippen LogP contribution in [0.1, 0.15) is 24.6 Å². The summed E-state index contributed by atoms with van der Waals surface area (Å²) in [5.41, 5.74) is 3.48. The van der Waals surface area contributed by atoms with Gasteiger partial charge in [-0.3, -0.25) is 4.90 Å². The molecule has 1 aromatic heterocycles. The van der Waals surface area contributed by atoms with Crippen LogP contribution in [0.4, 0.5) is 11.6 Å². The summed E-state index contributed by atoms with van der Waals surface area (Å²) < 4.78 is 0. The highest BCUT2D eigenvalue weighted by Crippen LogP contribution is 2.19. The average Bonchev–Trinajstić information content (AvgIpc) is 2.49. The molecule has 2 aromatic rings. The van der Waals surface area contributed by atoms with E-state index in [0.717, 1.165) is 31.7 Å². The number of rotatable bonds is 4. The number of benzene rings is 1. The second kappa shape index (κ2) is 6.01. The number of aromatic nitrogens is 2. The van der Waals surface area contributed by atoms with Crippen LogP contribution in [0.25, 0.3) is 0 Å². The Balaban J connectivity index is 1.74. The van der Waals surface area contributed by atoms with Gasteiger partial charge in [0.2, 0.25) is 5.95 Å². The van der Waals surface area contributed by atoms with Gasteiger partial charge in [-0.15, -0.1) is 0 Å². The first-order valence-corrected chi connectivity index (χ1v) is 7.24. The number of anilines is 2. The summed E-state index contributed by atoms with van der Waals surface area (Å²) in [4.78, 5) is 11.6. The minimum atomic E-state index is 0.693. The Kier molecular flexibility index (Phi) is 3.92. The lowest BCUT2D eigenvalue weighted by Crippen LogP contribution is -2.31. The molecular formula is C16H20N4. The molecule has 2 heterocycles. The normalized spacial score (nSPS) is 14.8. The van der Waals surface area contributed by atoms with Crippen LogP contribution in [0.15, 0.2) is 36.5 Å². The van der Waals surface area contributed by atoms with Gasteiger partial charge in [-0.05, 0) is 25.1 Å². The van der Waals surface area contributed by atoms with Crippen molar-refractivity contribution in [2.24, 2.45) is 0 Å². The van der Waals surface area contributed by atoms with Crippen LogP contribution >= 0.6 is 0 Å². The third-order valence-corrected chi connectivity index (χ3v) is 3.58. The van der Waals surface area contributed by atoms with E-state index in [1.807, 2.05) is 36.5 Å². The molecular weight excluding hydrogens is 248 g/mol. The lowest BCUT2D eigenvalue weighted by atomic mass is 10.1. The lowest BCUT2D eigenvalue weighted by molar-refractivity contribution is 0.252. The summed E-state index contributed by atoms with van der Waals surface area (Å²) in [7, 11) is 0. The third-order valence-electron chi connectivity index (χ3n) is 3.58. The Morgan fingerprint density at radius 1 is 1.25 bits per heavy atom. The molecule has 4 nitrogen and oxygen atoms in total. The first kappa shape index (κ1) is 13.1. The zero-order valence-electron chi connectivity index (χ0n) is 11.8. The van der Waals surface area contributed by atoms with Gasteiger partial charge in [0.05, 0.1) is 5.69 Å². The van der Waals surface area contributed by atoms with Crippen molar-refractivity contribution in [2.75, 3.05) is 18.4 Å². The third kappa shape index (κ3) is 2.96. The molecule has 20 heavy (non-hydrogen) atoms. The maximum atomic E-state index is 4.65. The molecule has 1 aliphatic rings. The van der Waals surface area contributed by atoms with E-state index in [9.17, 15) is 0 Å². The molecule has 0 saturated carbocycles. The first-order valence-electron chi connectivity index (χ1n) is 7.24.